The first-order chi connectivity index (χ1) is 16.2. The van der Waals surface area contributed by atoms with E-state index in [0.717, 1.165) is 17.7 Å². The van der Waals surface area contributed by atoms with E-state index in [-0.39, 0.29) is 48.9 Å². The zero-order valence-electron chi connectivity index (χ0n) is 17.8. The summed E-state index contributed by atoms with van der Waals surface area (Å²) in [5.74, 6) is -0.572. The van der Waals surface area contributed by atoms with Crippen molar-refractivity contribution >= 4 is 23.5 Å². The van der Waals surface area contributed by atoms with Crippen LogP contribution in [-0.4, -0.2) is 42.0 Å². The number of methoxy groups -OCH3 is 1. The average Bonchev–Trinajstić information content (AvgIpc) is 3.40. The fraction of sp³-hybridized carbons (Fsp3) is 0.273. The number of nitrogens with zero attached hydrogens (tertiary/aromatic N) is 3. The molecule has 0 saturated carbocycles. The monoisotopic (exact) mass is 476 g/mol. The Morgan fingerprint density at radius 1 is 1.12 bits per heavy atom. The van der Waals surface area contributed by atoms with E-state index in [9.17, 15) is 22.8 Å². The van der Waals surface area contributed by atoms with Gasteiger partial charge in [0.05, 0.1) is 19.4 Å². The van der Waals surface area contributed by atoms with Crippen molar-refractivity contribution in [1.29, 1.82) is 0 Å². The quantitative estimate of drug-likeness (QED) is 0.554. The van der Waals surface area contributed by atoms with Crippen molar-refractivity contribution in [2.24, 2.45) is 0 Å². The third kappa shape index (κ3) is 5.63. The number of carbonyl (C=O) groups excluding carboxylic acids is 2. The van der Waals surface area contributed by atoms with Gasteiger partial charge in [-0.05, 0) is 42.0 Å². The van der Waals surface area contributed by atoms with Gasteiger partial charge in [-0.1, -0.05) is 17.2 Å². The van der Waals surface area contributed by atoms with Crippen LogP contribution in [0.2, 0.25) is 0 Å². The van der Waals surface area contributed by atoms with Gasteiger partial charge in [0.2, 0.25) is 17.7 Å². The predicted octanol–water partition coefficient (Wildman–Crippen LogP) is 3.68. The first kappa shape index (κ1) is 23.1. The molecule has 1 fully saturated rings. The van der Waals surface area contributed by atoms with Crippen molar-refractivity contribution < 1.29 is 36.7 Å². The average molecular weight is 476 g/mol. The van der Waals surface area contributed by atoms with Gasteiger partial charge in [0.15, 0.2) is 0 Å². The number of aromatic nitrogens is 2. The molecule has 34 heavy (non-hydrogen) atoms. The highest BCUT2D eigenvalue weighted by atomic mass is 19.4. The fourth-order valence-corrected chi connectivity index (χ4v) is 3.49. The zero-order chi connectivity index (χ0) is 24.3. The molecule has 0 aliphatic carbocycles. The SMILES string of the molecule is COc1ccc(CC(=O)Nc2nnc([C@@H]3CC(=O)N(c4ccc(OC(F)(F)F)cc4)C3)o2)cc1. The van der Waals surface area contributed by atoms with Gasteiger partial charge in [-0.2, -0.15) is 0 Å². The number of carbonyl (C=O) groups is 2. The van der Waals surface area contributed by atoms with Gasteiger partial charge in [0.25, 0.3) is 0 Å². The van der Waals surface area contributed by atoms with E-state index in [0.29, 0.717) is 11.4 Å². The van der Waals surface area contributed by atoms with Crippen LogP contribution >= 0.6 is 0 Å². The Hall–Kier alpha value is -4.09. The van der Waals surface area contributed by atoms with E-state index in [1.807, 2.05) is 0 Å². The summed E-state index contributed by atoms with van der Waals surface area (Å²) >= 11 is 0. The number of ether oxygens (including phenoxy) is 2. The minimum Gasteiger partial charge on any atom is -0.497 e. The molecule has 0 bridgehead atoms. The van der Waals surface area contributed by atoms with E-state index in [2.05, 4.69) is 20.3 Å². The van der Waals surface area contributed by atoms with Crippen molar-refractivity contribution in [3.05, 3.63) is 60.0 Å². The van der Waals surface area contributed by atoms with Gasteiger partial charge in [-0.3, -0.25) is 14.9 Å². The number of nitrogens with one attached hydrogen (secondary N) is 1. The fourth-order valence-electron chi connectivity index (χ4n) is 3.49. The number of halogens is 3. The van der Waals surface area contributed by atoms with Crippen LogP contribution in [0.25, 0.3) is 0 Å². The molecule has 1 aliphatic heterocycles. The van der Waals surface area contributed by atoms with Crippen molar-refractivity contribution in [3.63, 3.8) is 0 Å². The van der Waals surface area contributed by atoms with E-state index >= 15 is 0 Å². The third-order valence-corrected chi connectivity index (χ3v) is 5.07. The Bertz CT molecular complexity index is 1160. The molecule has 1 N–H and O–H groups in total. The van der Waals surface area contributed by atoms with Gasteiger partial charge >= 0.3 is 12.4 Å². The summed E-state index contributed by atoms with van der Waals surface area (Å²) in [5.41, 5.74) is 1.18. The Morgan fingerprint density at radius 3 is 2.44 bits per heavy atom. The highest BCUT2D eigenvalue weighted by Gasteiger charge is 2.35. The second kappa shape index (κ2) is 9.41. The highest BCUT2D eigenvalue weighted by Crippen LogP contribution is 2.33. The van der Waals surface area contributed by atoms with Crippen molar-refractivity contribution in [3.8, 4) is 11.5 Å². The third-order valence-electron chi connectivity index (χ3n) is 5.07. The first-order valence-electron chi connectivity index (χ1n) is 10.1. The topological polar surface area (TPSA) is 107 Å². The summed E-state index contributed by atoms with van der Waals surface area (Å²) in [7, 11) is 1.55. The van der Waals surface area contributed by atoms with Crippen LogP contribution in [0.15, 0.2) is 52.9 Å². The summed E-state index contributed by atoms with van der Waals surface area (Å²) in [5, 5.41) is 10.3. The summed E-state index contributed by atoms with van der Waals surface area (Å²) < 4.78 is 51.4. The lowest BCUT2D eigenvalue weighted by Crippen LogP contribution is -2.24. The van der Waals surface area contributed by atoms with Gasteiger partial charge in [-0.25, -0.2) is 0 Å². The summed E-state index contributed by atoms with van der Waals surface area (Å²) in [6, 6.07) is 11.9. The molecule has 2 heterocycles. The Labute approximate surface area is 191 Å². The van der Waals surface area contributed by atoms with Crippen molar-refractivity contribution in [1.82, 2.24) is 10.2 Å². The van der Waals surface area contributed by atoms with Crippen LogP contribution in [0, 0.1) is 0 Å². The molecule has 1 aliphatic rings. The van der Waals surface area contributed by atoms with Gasteiger partial charge < -0.3 is 18.8 Å². The zero-order valence-corrected chi connectivity index (χ0v) is 17.8. The number of rotatable bonds is 7. The maximum Gasteiger partial charge on any atom is 0.573 e. The van der Waals surface area contributed by atoms with E-state index in [1.54, 1.807) is 31.4 Å². The second-order valence-electron chi connectivity index (χ2n) is 7.47. The van der Waals surface area contributed by atoms with E-state index in [1.165, 1.54) is 17.0 Å². The Kier molecular flexibility index (Phi) is 6.39. The molecule has 12 heteroatoms. The largest absolute Gasteiger partial charge is 0.573 e. The number of anilines is 2. The standard InChI is InChI=1S/C22H19F3N4O5/c1-32-16-6-2-13(3-7-16)10-18(30)26-21-28-27-20(33-21)14-11-19(31)29(12-14)15-4-8-17(9-5-15)34-22(23,24)25/h2-9,14H,10-12H2,1H3,(H,26,28,30)/t14-/m1/s1. The number of hydrogen-bond donors (Lipinski definition) is 1. The normalized spacial score (nSPS) is 15.9. The van der Waals surface area contributed by atoms with E-state index < -0.39 is 12.3 Å². The molecule has 0 radical (unpaired) electrons. The van der Waals surface area contributed by atoms with Crippen molar-refractivity contribution in [2.75, 3.05) is 23.9 Å². The lowest BCUT2D eigenvalue weighted by molar-refractivity contribution is -0.274. The molecule has 1 aromatic heterocycles. The molecule has 0 spiro atoms. The maximum atomic E-state index is 12.5. The molecular formula is C22H19F3N4O5. The molecule has 1 saturated heterocycles. The van der Waals surface area contributed by atoms with Crippen LogP contribution in [0.1, 0.15) is 23.8 Å². The number of amides is 2. The molecular weight excluding hydrogens is 457 g/mol. The lowest BCUT2D eigenvalue weighted by Gasteiger charge is -2.17. The minimum absolute atomic E-state index is 0.0717. The lowest BCUT2D eigenvalue weighted by atomic mass is 10.1. The molecule has 2 aromatic carbocycles. The smallest absolute Gasteiger partial charge is 0.497 e. The minimum atomic E-state index is -4.80. The maximum absolute atomic E-state index is 12.5. The molecule has 9 nitrogen and oxygen atoms in total. The van der Waals surface area contributed by atoms with Gasteiger partial charge in [-0.15, -0.1) is 18.3 Å². The van der Waals surface area contributed by atoms with Crippen molar-refractivity contribution in [2.45, 2.75) is 25.1 Å². The molecule has 3 aromatic rings. The Balaban J connectivity index is 1.35. The van der Waals surface area contributed by atoms with E-state index in [4.69, 9.17) is 9.15 Å². The summed E-state index contributed by atoms with van der Waals surface area (Å²) in [4.78, 5) is 26.1. The summed E-state index contributed by atoms with van der Waals surface area (Å²) in [6.07, 6.45) is -4.64. The van der Waals surface area contributed by atoms with Crippen LogP contribution in [0.4, 0.5) is 24.9 Å². The molecule has 178 valence electrons. The molecule has 4 rings (SSSR count). The summed E-state index contributed by atoms with van der Waals surface area (Å²) in [6.45, 7) is 0.194. The van der Waals surface area contributed by atoms with Crippen LogP contribution in [0.5, 0.6) is 11.5 Å². The highest BCUT2D eigenvalue weighted by molar-refractivity contribution is 5.96. The molecule has 1 atom stereocenters. The Morgan fingerprint density at radius 2 is 1.79 bits per heavy atom. The first-order valence-corrected chi connectivity index (χ1v) is 10.1. The second-order valence-corrected chi connectivity index (χ2v) is 7.47. The van der Waals surface area contributed by atoms with Gasteiger partial charge in [0, 0.05) is 18.7 Å². The molecule has 0 unspecified atom stereocenters. The van der Waals surface area contributed by atoms with Gasteiger partial charge in [0.1, 0.15) is 11.5 Å². The number of alkyl halides is 3. The number of benzene rings is 2. The van der Waals surface area contributed by atoms with Crippen LogP contribution < -0.4 is 19.7 Å². The number of hydrogen-bond acceptors (Lipinski definition) is 7. The van der Waals surface area contributed by atoms with Crippen LogP contribution in [-0.2, 0) is 16.0 Å². The van der Waals surface area contributed by atoms with Crippen LogP contribution in [0.3, 0.4) is 0 Å². The molecule has 2 amide bonds. The predicted molar refractivity (Wildman–Crippen MR) is 112 cm³/mol.